The van der Waals surface area contributed by atoms with E-state index in [2.05, 4.69) is 24.4 Å². The molecule has 1 fully saturated rings. The molecule has 3 heteroatoms. The van der Waals surface area contributed by atoms with Crippen LogP contribution < -0.4 is 14.8 Å². The Balaban J connectivity index is 1.62. The minimum atomic E-state index is 0.577. The van der Waals surface area contributed by atoms with Crippen LogP contribution in [0, 0.1) is 5.92 Å². The summed E-state index contributed by atoms with van der Waals surface area (Å²) in [6.45, 7) is 4.70. The molecule has 1 aromatic rings. The Morgan fingerprint density at radius 1 is 1.10 bits per heavy atom. The summed E-state index contributed by atoms with van der Waals surface area (Å²) >= 11 is 0. The Labute approximate surface area is 128 Å². The number of hydrogen-bond acceptors (Lipinski definition) is 3. The molecule has 3 nitrogen and oxygen atoms in total. The van der Waals surface area contributed by atoms with Crippen LogP contribution >= 0.6 is 0 Å². The van der Waals surface area contributed by atoms with Crippen molar-refractivity contribution in [1.29, 1.82) is 0 Å². The Bertz CT molecular complexity index is 455. The van der Waals surface area contributed by atoms with Gasteiger partial charge in [-0.2, -0.15) is 0 Å². The van der Waals surface area contributed by atoms with Crippen molar-refractivity contribution in [2.24, 2.45) is 5.92 Å². The van der Waals surface area contributed by atoms with Crippen molar-refractivity contribution in [2.45, 2.75) is 58.0 Å². The lowest BCUT2D eigenvalue weighted by Gasteiger charge is -2.28. The van der Waals surface area contributed by atoms with Crippen LogP contribution in [0.25, 0.3) is 0 Å². The molecule has 1 saturated carbocycles. The average Bonchev–Trinajstić information content (AvgIpc) is 2.79. The van der Waals surface area contributed by atoms with Crippen LogP contribution in [0.3, 0.4) is 0 Å². The molecule has 21 heavy (non-hydrogen) atoms. The highest BCUT2D eigenvalue weighted by Crippen LogP contribution is 2.33. The lowest BCUT2D eigenvalue weighted by molar-refractivity contribution is 0.277. The molecule has 0 saturated heterocycles. The highest BCUT2D eigenvalue weighted by molar-refractivity contribution is 5.47. The van der Waals surface area contributed by atoms with E-state index in [0.717, 1.165) is 43.6 Å². The lowest BCUT2D eigenvalue weighted by Crippen LogP contribution is -2.34. The third-order valence-electron chi connectivity index (χ3n) is 4.82. The van der Waals surface area contributed by atoms with Gasteiger partial charge in [-0.15, -0.1) is 0 Å². The van der Waals surface area contributed by atoms with Crippen LogP contribution in [0.4, 0.5) is 0 Å². The summed E-state index contributed by atoms with van der Waals surface area (Å²) in [6.07, 6.45) is 7.92. The molecule has 1 aliphatic heterocycles. The van der Waals surface area contributed by atoms with E-state index in [4.69, 9.17) is 9.47 Å². The first kappa shape index (κ1) is 14.7. The normalized spacial score (nSPS) is 20.8. The number of hydrogen-bond donors (Lipinski definition) is 1. The van der Waals surface area contributed by atoms with Gasteiger partial charge in [-0.05, 0) is 31.7 Å². The Morgan fingerprint density at radius 3 is 2.76 bits per heavy atom. The van der Waals surface area contributed by atoms with Gasteiger partial charge in [0.2, 0.25) is 0 Å². The van der Waals surface area contributed by atoms with Crippen molar-refractivity contribution in [3.8, 4) is 11.5 Å². The first-order valence-corrected chi connectivity index (χ1v) is 8.45. The first-order valence-electron chi connectivity index (χ1n) is 8.45. The summed E-state index contributed by atoms with van der Waals surface area (Å²) in [6, 6.07) is 6.80. The zero-order valence-electron chi connectivity index (χ0n) is 13.1. The molecule has 0 aromatic heterocycles. The topological polar surface area (TPSA) is 30.5 Å². The monoisotopic (exact) mass is 289 g/mol. The Hall–Kier alpha value is -1.22. The lowest BCUT2D eigenvalue weighted by atomic mass is 9.84. The van der Waals surface area contributed by atoms with Crippen molar-refractivity contribution in [1.82, 2.24) is 5.32 Å². The quantitative estimate of drug-likeness (QED) is 0.911. The van der Waals surface area contributed by atoms with Crippen molar-refractivity contribution < 1.29 is 9.47 Å². The molecule has 1 aromatic carbocycles. The van der Waals surface area contributed by atoms with Gasteiger partial charge in [0.1, 0.15) is 0 Å². The van der Waals surface area contributed by atoms with Gasteiger partial charge in [0.15, 0.2) is 11.5 Å². The van der Waals surface area contributed by atoms with E-state index in [1.54, 1.807) is 0 Å². The van der Waals surface area contributed by atoms with E-state index in [1.165, 1.54) is 37.7 Å². The summed E-state index contributed by atoms with van der Waals surface area (Å²) in [5.74, 6) is 2.67. The molecule has 0 amide bonds. The van der Waals surface area contributed by atoms with Crippen LogP contribution in [0.15, 0.2) is 18.2 Å². The van der Waals surface area contributed by atoms with Gasteiger partial charge in [0.05, 0.1) is 13.2 Å². The molecule has 0 spiro atoms. The number of ether oxygens (including phenoxy) is 2. The van der Waals surface area contributed by atoms with Crippen LogP contribution in [-0.2, 0) is 6.54 Å². The Morgan fingerprint density at radius 2 is 1.90 bits per heavy atom. The van der Waals surface area contributed by atoms with Gasteiger partial charge < -0.3 is 14.8 Å². The third-order valence-corrected chi connectivity index (χ3v) is 4.82. The Kier molecular flexibility index (Phi) is 5.02. The van der Waals surface area contributed by atoms with Gasteiger partial charge in [0.25, 0.3) is 0 Å². The summed E-state index contributed by atoms with van der Waals surface area (Å²) in [4.78, 5) is 0. The van der Waals surface area contributed by atoms with Crippen LogP contribution in [0.2, 0.25) is 0 Å². The fraction of sp³-hybridized carbons (Fsp3) is 0.667. The van der Waals surface area contributed by atoms with E-state index in [1.807, 2.05) is 6.07 Å². The van der Waals surface area contributed by atoms with Gasteiger partial charge in [-0.1, -0.05) is 31.4 Å². The van der Waals surface area contributed by atoms with Crippen molar-refractivity contribution in [3.05, 3.63) is 23.8 Å². The number of nitrogens with one attached hydrogen (secondary N) is 1. The molecular weight excluding hydrogens is 262 g/mol. The average molecular weight is 289 g/mol. The summed E-state index contributed by atoms with van der Waals surface area (Å²) in [5.41, 5.74) is 1.22. The number of rotatable bonds is 4. The zero-order valence-corrected chi connectivity index (χ0v) is 13.1. The third kappa shape index (κ3) is 3.70. The number of fused-ring (bicyclic) bond motifs is 1. The maximum absolute atomic E-state index is 5.89. The fourth-order valence-corrected chi connectivity index (χ4v) is 3.47. The largest absolute Gasteiger partial charge is 0.490 e. The molecule has 116 valence electrons. The molecular formula is C18H27NO2. The van der Waals surface area contributed by atoms with Gasteiger partial charge in [-0.25, -0.2) is 0 Å². The van der Waals surface area contributed by atoms with Gasteiger partial charge in [0, 0.05) is 24.6 Å². The van der Waals surface area contributed by atoms with Gasteiger partial charge in [-0.3, -0.25) is 0 Å². The van der Waals surface area contributed by atoms with E-state index in [9.17, 15) is 0 Å². The predicted molar refractivity (Wildman–Crippen MR) is 84.9 cm³/mol. The molecule has 1 N–H and O–H groups in total. The minimum Gasteiger partial charge on any atom is -0.490 e. The van der Waals surface area contributed by atoms with Crippen LogP contribution in [0.1, 0.15) is 51.0 Å². The SMILES string of the molecule is C[C@@H](NCc1cccc2c1OCCCO2)C1CCCCC1. The molecule has 1 atom stereocenters. The van der Waals surface area contributed by atoms with Crippen LogP contribution in [0.5, 0.6) is 11.5 Å². The standard InChI is InChI=1S/C18H27NO2/c1-14(15-7-3-2-4-8-15)19-13-16-9-5-10-17-18(16)21-12-6-11-20-17/h5,9-10,14-15,19H,2-4,6-8,11-13H2,1H3/t14-/m1/s1. The molecule has 1 aliphatic carbocycles. The van der Waals surface area contributed by atoms with E-state index in [0.29, 0.717) is 6.04 Å². The smallest absolute Gasteiger partial charge is 0.165 e. The number of para-hydroxylation sites is 1. The highest BCUT2D eigenvalue weighted by atomic mass is 16.5. The first-order chi connectivity index (χ1) is 10.3. The molecule has 0 unspecified atom stereocenters. The maximum atomic E-state index is 5.89. The van der Waals surface area contributed by atoms with E-state index in [-0.39, 0.29) is 0 Å². The predicted octanol–water partition coefficient (Wildman–Crippen LogP) is 3.91. The van der Waals surface area contributed by atoms with Crippen molar-refractivity contribution in [2.75, 3.05) is 13.2 Å². The second-order valence-electron chi connectivity index (χ2n) is 6.36. The van der Waals surface area contributed by atoms with Crippen LogP contribution in [-0.4, -0.2) is 19.3 Å². The number of benzene rings is 1. The van der Waals surface area contributed by atoms with E-state index < -0.39 is 0 Å². The van der Waals surface area contributed by atoms with Crippen molar-refractivity contribution >= 4 is 0 Å². The van der Waals surface area contributed by atoms with Crippen molar-refractivity contribution in [3.63, 3.8) is 0 Å². The molecule has 0 radical (unpaired) electrons. The minimum absolute atomic E-state index is 0.577. The van der Waals surface area contributed by atoms with Gasteiger partial charge >= 0.3 is 0 Å². The fourth-order valence-electron chi connectivity index (χ4n) is 3.47. The van der Waals surface area contributed by atoms with E-state index >= 15 is 0 Å². The zero-order chi connectivity index (χ0) is 14.5. The maximum Gasteiger partial charge on any atom is 0.165 e. The summed E-state index contributed by atoms with van der Waals surface area (Å²) in [7, 11) is 0. The molecule has 1 heterocycles. The molecule has 0 bridgehead atoms. The summed E-state index contributed by atoms with van der Waals surface area (Å²) < 4.78 is 11.7. The second-order valence-corrected chi connectivity index (χ2v) is 6.36. The molecule has 2 aliphatic rings. The second kappa shape index (κ2) is 7.17. The highest BCUT2D eigenvalue weighted by Gasteiger charge is 2.20. The summed E-state index contributed by atoms with van der Waals surface area (Å²) in [5, 5.41) is 3.70. The molecule has 3 rings (SSSR count).